The van der Waals surface area contributed by atoms with Gasteiger partial charge in [0.25, 0.3) is 0 Å². The lowest BCUT2D eigenvalue weighted by Crippen LogP contribution is -2.41. The van der Waals surface area contributed by atoms with Crippen LogP contribution in [0.2, 0.25) is 0 Å². The summed E-state index contributed by atoms with van der Waals surface area (Å²) in [6.45, 7) is 5.36. The van der Waals surface area contributed by atoms with Crippen molar-refractivity contribution in [3.05, 3.63) is 59.9 Å². The van der Waals surface area contributed by atoms with Gasteiger partial charge in [0, 0.05) is 6.54 Å². The second kappa shape index (κ2) is 9.77. The molecule has 0 radical (unpaired) electrons. The van der Waals surface area contributed by atoms with E-state index < -0.39 is 29.6 Å². The molecule has 0 fully saturated rings. The molecule has 0 heterocycles. The fourth-order valence-electron chi connectivity index (χ4n) is 2.51. The van der Waals surface area contributed by atoms with Crippen molar-refractivity contribution in [2.45, 2.75) is 32.4 Å². The predicted octanol–water partition coefficient (Wildman–Crippen LogP) is 4.22. The van der Waals surface area contributed by atoms with Crippen LogP contribution < -0.4 is 20.7 Å². The number of carbonyl (C=O) groups is 2. The molecule has 2 aromatic rings. The van der Waals surface area contributed by atoms with Crippen molar-refractivity contribution in [1.82, 2.24) is 10.6 Å². The summed E-state index contributed by atoms with van der Waals surface area (Å²) < 4.78 is 24.4. The zero-order chi connectivity index (χ0) is 21.4. The highest BCUT2D eigenvalue weighted by atomic mass is 19.1. The van der Waals surface area contributed by atoms with Gasteiger partial charge in [-0.3, -0.25) is 0 Å². The predicted molar refractivity (Wildman–Crippen MR) is 109 cm³/mol. The summed E-state index contributed by atoms with van der Waals surface area (Å²) in [5.74, 6) is -0.645. The van der Waals surface area contributed by atoms with Gasteiger partial charge in [0.1, 0.15) is 5.60 Å². The molecule has 0 aliphatic carbocycles. The average Bonchev–Trinajstić information content (AvgIpc) is 2.66. The van der Waals surface area contributed by atoms with Gasteiger partial charge in [-0.15, -0.1) is 0 Å². The SMILES string of the molecule is COc1cccc(NC(=O)NC[C@@H](NC(=O)OC(C)(C)C)c2ccccc2)c1F. The summed E-state index contributed by atoms with van der Waals surface area (Å²) >= 11 is 0. The Balaban J connectivity index is 2.03. The summed E-state index contributed by atoms with van der Waals surface area (Å²) in [5, 5.41) is 7.81. The van der Waals surface area contributed by atoms with Gasteiger partial charge in [-0.2, -0.15) is 0 Å². The second-order valence-electron chi connectivity index (χ2n) is 7.27. The van der Waals surface area contributed by atoms with E-state index in [9.17, 15) is 14.0 Å². The molecule has 8 heteroatoms. The Morgan fingerprint density at radius 3 is 2.38 bits per heavy atom. The zero-order valence-corrected chi connectivity index (χ0v) is 16.9. The van der Waals surface area contributed by atoms with Crippen LogP contribution in [-0.2, 0) is 4.74 Å². The molecule has 2 aromatic carbocycles. The number of benzene rings is 2. The quantitative estimate of drug-likeness (QED) is 0.674. The number of amides is 3. The van der Waals surface area contributed by atoms with Crippen molar-refractivity contribution in [1.29, 1.82) is 0 Å². The molecule has 0 saturated heterocycles. The molecule has 3 N–H and O–H groups in total. The van der Waals surface area contributed by atoms with E-state index in [4.69, 9.17) is 9.47 Å². The molecule has 0 aliphatic rings. The molecule has 3 amide bonds. The molecule has 0 aromatic heterocycles. The Morgan fingerprint density at radius 1 is 1.07 bits per heavy atom. The van der Waals surface area contributed by atoms with E-state index in [1.807, 2.05) is 30.3 Å². The number of urea groups is 1. The smallest absolute Gasteiger partial charge is 0.408 e. The normalized spacial score (nSPS) is 11.9. The Bertz CT molecular complexity index is 838. The number of nitrogens with one attached hydrogen (secondary N) is 3. The van der Waals surface area contributed by atoms with Crippen LogP contribution in [0.25, 0.3) is 0 Å². The van der Waals surface area contributed by atoms with Crippen LogP contribution in [0.1, 0.15) is 32.4 Å². The van der Waals surface area contributed by atoms with E-state index >= 15 is 0 Å². The van der Waals surface area contributed by atoms with Gasteiger partial charge in [-0.1, -0.05) is 36.4 Å². The third kappa shape index (κ3) is 6.99. The minimum atomic E-state index is -0.670. The van der Waals surface area contributed by atoms with Gasteiger partial charge >= 0.3 is 12.1 Å². The second-order valence-corrected chi connectivity index (χ2v) is 7.27. The van der Waals surface area contributed by atoms with Crippen molar-refractivity contribution >= 4 is 17.8 Å². The molecule has 156 valence electrons. The number of rotatable bonds is 6. The number of alkyl carbamates (subject to hydrolysis) is 1. The fraction of sp³-hybridized carbons (Fsp3) is 0.333. The summed E-state index contributed by atoms with van der Waals surface area (Å²) in [5.41, 5.74) is 0.115. The highest BCUT2D eigenvalue weighted by molar-refractivity contribution is 5.89. The third-order valence-corrected chi connectivity index (χ3v) is 3.79. The minimum absolute atomic E-state index is 0.0155. The van der Waals surface area contributed by atoms with Crippen LogP contribution in [0, 0.1) is 5.82 Å². The van der Waals surface area contributed by atoms with Gasteiger partial charge < -0.3 is 25.4 Å². The molecule has 2 rings (SSSR count). The number of ether oxygens (including phenoxy) is 2. The number of hydrogen-bond acceptors (Lipinski definition) is 4. The number of methoxy groups -OCH3 is 1. The van der Waals surface area contributed by atoms with E-state index in [-0.39, 0.29) is 18.0 Å². The maximum Gasteiger partial charge on any atom is 0.408 e. The third-order valence-electron chi connectivity index (χ3n) is 3.79. The van der Waals surface area contributed by atoms with Gasteiger partial charge in [-0.05, 0) is 38.5 Å². The Morgan fingerprint density at radius 2 is 1.76 bits per heavy atom. The van der Waals surface area contributed by atoms with Crippen molar-refractivity contribution in [3.8, 4) is 5.75 Å². The van der Waals surface area contributed by atoms with E-state index in [1.165, 1.54) is 19.2 Å². The molecular formula is C21H26FN3O4. The molecule has 0 aliphatic heterocycles. The first-order valence-corrected chi connectivity index (χ1v) is 9.11. The molecule has 0 saturated carbocycles. The summed E-state index contributed by atoms with van der Waals surface area (Å²) in [7, 11) is 1.34. The summed E-state index contributed by atoms with van der Waals surface area (Å²) in [4.78, 5) is 24.4. The summed E-state index contributed by atoms with van der Waals surface area (Å²) in [6, 6.07) is 12.4. The largest absolute Gasteiger partial charge is 0.494 e. The van der Waals surface area contributed by atoms with Crippen molar-refractivity contribution in [3.63, 3.8) is 0 Å². The standard InChI is InChI=1S/C21H26FN3O4/c1-21(2,3)29-20(27)25-16(14-9-6-5-7-10-14)13-23-19(26)24-15-11-8-12-17(28-4)18(15)22/h5-12,16H,13H2,1-4H3,(H,25,27)(H2,23,24,26)/t16-/m1/s1. The lowest BCUT2D eigenvalue weighted by atomic mass is 10.1. The number of halogens is 1. The Hall–Kier alpha value is -3.29. The van der Waals surface area contributed by atoms with E-state index in [0.717, 1.165) is 5.56 Å². The van der Waals surface area contributed by atoms with Crippen molar-refractivity contribution in [2.24, 2.45) is 0 Å². The van der Waals surface area contributed by atoms with Crippen LogP contribution in [0.5, 0.6) is 5.75 Å². The molecule has 0 unspecified atom stereocenters. The minimum Gasteiger partial charge on any atom is -0.494 e. The maximum absolute atomic E-state index is 14.2. The van der Waals surface area contributed by atoms with Crippen molar-refractivity contribution < 1.29 is 23.5 Å². The van der Waals surface area contributed by atoms with Gasteiger partial charge in [0.15, 0.2) is 11.6 Å². The molecule has 0 bridgehead atoms. The number of carbonyl (C=O) groups excluding carboxylic acids is 2. The van der Waals surface area contributed by atoms with Crippen LogP contribution in [0.15, 0.2) is 48.5 Å². The van der Waals surface area contributed by atoms with Crippen LogP contribution >= 0.6 is 0 Å². The van der Waals surface area contributed by atoms with Crippen LogP contribution in [0.4, 0.5) is 19.7 Å². The maximum atomic E-state index is 14.2. The molecule has 29 heavy (non-hydrogen) atoms. The van der Waals surface area contributed by atoms with E-state index in [2.05, 4.69) is 16.0 Å². The van der Waals surface area contributed by atoms with Crippen LogP contribution in [-0.4, -0.2) is 31.4 Å². The monoisotopic (exact) mass is 403 g/mol. The van der Waals surface area contributed by atoms with E-state index in [1.54, 1.807) is 26.8 Å². The average molecular weight is 403 g/mol. The lowest BCUT2D eigenvalue weighted by molar-refractivity contribution is 0.0503. The Labute approximate surface area is 169 Å². The first-order valence-electron chi connectivity index (χ1n) is 9.11. The van der Waals surface area contributed by atoms with E-state index in [0.29, 0.717) is 0 Å². The molecule has 0 spiro atoms. The summed E-state index contributed by atoms with van der Waals surface area (Å²) in [6.07, 6.45) is -0.604. The zero-order valence-electron chi connectivity index (χ0n) is 16.9. The molecular weight excluding hydrogens is 377 g/mol. The Kier molecular flexibility index (Phi) is 7.41. The highest BCUT2D eigenvalue weighted by Gasteiger charge is 2.21. The molecule has 1 atom stereocenters. The van der Waals surface area contributed by atoms with Gasteiger partial charge in [0.2, 0.25) is 0 Å². The van der Waals surface area contributed by atoms with Gasteiger partial charge in [0.05, 0.1) is 18.8 Å². The fourth-order valence-corrected chi connectivity index (χ4v) is 2.51. The topological polar surface area (TPSA) is 88.7 Å². The highest BCUT2D eigenvalue weighted by Crippen LogP contribution is 2.23. The first-order chi connectivity index (χ1) is 13.7. The van der Waals surface area contributed by atoms with Crippen LogP contribution in [0.3, 0.4) is 0 Å². The lowest BCUT2D eigenvalue weighted by Gasteiger charge is -2.24. The first kappa shape index (κ1) is 22.0. The number of hydrogen-bond donors (Lipinski definition) is 3. The van der Waals surface area contributed by atoms with Gasteiger partial charge in [-0.25, -0.2) is 14.0 Å². The number of anilines is 1. The molecule has 7 nitrogen and oxygen atoms in total. The van der Waals surface area contributed by atoms with Crippen molar-refractivity contribution in [2.75, 3.05) is 19.0 Å².